The van der Waals surface area contributed by atoms with Gasteiger partial charge in [-0.15, -0.1) is 5.54 Å². The van der Waals surface area contributed by atoms with Crippen molar-refractivity contribution in [2.75, 3.05) is 11.9 Å². The van der Waals surface area contributed by atoms with Gasteiger partial charge < -0.3 is 35.3 Å². The van der Waals surface area contributed by atoms with Crippen LogP contribution in [0.25, 0.3) is 0 Å². The van der Waals surface area contributed by atoms with E-state index in [1.165, 1.54) is 6.92 Å². The van der Waals surface area contributed by atoms with E-state index in [2.05, 4.69) is 43.3 Å². The van der Waals surface area contributed by atoms with E-state index < -0.39 is 49.8 Å². The molecule has 0 aromatic heterocycles. The number of benzene rings is 2. The number of alkyl carbamates (subject to hydrolysis) is 1. The van der Waals surface area contributed by atoms with Gasteiger partial charge in [0.25, 0.3) is 0 Å². The van der Waals surface area contributed by atoms with Gasteiger partial charge in [0.15, 0.2) is 18.2 Å². The third kappa shape index (κ3) is 13.2. The van der Waals surface area contributed by atoms with Crippen molar-refractivity contribution in [3.63, 3.8) is 0 Å². The first kappa shape index (κ1) is 36.3. The summed E-state index contributed by atoms with van der Waals surface area (Å²) < 4.78 is 17.7. The van der Waals surface area contributed by atoms with Crippen LogP contribution in [0.2, 0.25) is 19.6 Å². The Morgan fingerprint density at radius 3 is 2.23 bits per heavy atom. The number of rotatable bonds is 12. The summed E-state index contributed by atoms with van der Waals surface area (Å²) in [5, 5.41) is 17.5. The van der Waals surface area contributed by atoms with Gasteiger partial charge in [-0.2, -0.15) is 0 Å². The maximum Gasteiger partial charge on any atom is 0.408 e. The van der Waals surface area contributed by atoms with Crippen molar-refractivity contribution < 1.29 is 38.5 Å². The zero-order chi connectivity index (χ0) is 33.1. The van der Waals surface area contributed by atoms with Crippen LogP contribution in [0.1, 0.15) is 33.3 Å². The van der Waals surface area contributed by atoms with Crippen LogP contribution in [-0.2, 0) is 30.5 Å². The van der Waals surface area contributed by atoms with E-state index in [9.17, 15) is 24.3 Å². The minimum Gasteiger partial charge on any atom is -0.480 e. The van der Waals surface area contributed by atoms with Gasteiger partial charge in [-0.1, -0.05) is 62.0 Å². The highest BCUT2D eigenvalue weighted by molar-refractivity contribution is 9.10. The number of hydrogen-bond donors (Lipinski definition) is 4. The molecular formula is C31H40BrN3O8Si. The van der Waals surface area contributed by atoms with Gasteiger partial charge in [0.1, 0.15) is 19.4 Å². The topological polar surface area (TPSA) is 152 Å². The third-order valence-corrected chi connectivity index (χ3v) is 6.94. The monoisotopic (exact) mass is 689 g/mol. The molecular weight excluding hydrogens is 650 g/mol. The maximum absolute atomic E-state index is 13.8. The normalized spacial score (nSPS) is 13.3. The number of anilines is 1. The molecule has 0 bridgehead atoms. The zero-order valence-electron chi connectivity index (χ0n) is 25.9. The van der Waals surface area contributed by atoms with Gasteiger partial charge in [-0.25, -0.2) is 9.59 Å². The zero-order valence-corrected chi connectivity index (χ0v) is 28.5. The number of amides is 3. The molecule has 0 aliphatic carbocycles. The Morgan fingerprint density at radius 1 is 1.00 bits per heavy atom. The molecule has 3 atom stereocenters. The summed E-state index contributed by atoms with van der Waals surface area (Å²) in [7, 11) is -2.06. The predicted octanol–water partition coefficient (Wildman–Crippen LogP) is 4.72. The Kier molecular flexibility index (Phi) is 13.4. The molecule has 0 radical (unpaired) electrons. The van der Waals surface area contributed by atoms with Crippen LogP contribution >= 0.6 is 15.9 Å². The van der Waals surface area contributed by atoms with Gasteiger partial charge in [-0.05, 0) is 54.4 Å². The van der Waals surface area contributed by atoms with E-state index in [1.807, 2.05) is 50.0 Å². The average molecular weight is 691 g/mol. The highest BCUT2D eigenvalue weighted by Gasteiger charge is 2.36. The molecule has 0 heterocycles. The van der Waals surface area contributed by atoms with Crippen LogP contribution in [-0.4, -0.2) is 67.5 Å². The molecule has 2 aromatic rings. The molecule has 11 nitrogen and oxygen atoms in total. The second-order valence-corrected chi connectivity index (χ2v) is 17.5. The number of ether oxygens (including phenoxy) is 3. The van der Waals surface area contributed by atoms with Crippen molar-refractivity contribution in [1.82, 2.24) is 10.6 Å². The second kappa shape index (κ2) is 16.3. The molecule has 13 heteroatoms. The molecule has 0 fully saturated rings. The quantitative estimate of drug-likeness (QED) is 0.185. The number of carbonyl (C=O) groups is 4. The highest BCUT2D eigenvalue weighted by atomic mass is 79.9. The SMILES string of the molecule is CC(=O)Nc1c(Br)cccc1O[C@H](C#C[Si](C)(C)C)[C@H](NC(=O)OC(C)(C)C)C(=O)N[C@@H](COCc1ccccc1)C(=O)O. The predicted molar refractivity (Wildman–Crippen MR) is 173 cm³/mol. The van der Waals surface area contributed by atoms with Crippen molar-refractivity contribution in [3.05, 3.63) is 58.6 Å². The Balaban J connectivity index is 2.48. The van der Waals surface area contributed by atoms with Crippen LogP contribution in [0.15, 0.2) is 53.0 Å². The van der Waals surface area contributed by atoms with Gasteiger partial charge in [0.2, 0.25) is 11.8 Å². The molecule has 238 valence electrons. The average Bonchev–Trinajstić information content (AvgIpc) is 2.89. The minimum atomic E-state index is -2.06. The van der Waals surface area contributed by atoms with Crippen LogP contribution in [0, 0.1) is 11.5 Å². The summed E-state index contributed by atoms with van der Waals surface area (Å²) in [5.41, 5.74) is 3.37. The van der Waals surface area contributed by atoms with Gasteiger partial charge in [0.05, 0.1) is 18.9 Å². The lowest BCUT2D eigenvalue weighted by Crippen LogP contribution is -2.58. The lowest BCUT2D eigenvalue weighted by molar-refractivity contribution is -0.144. The molecule has 0 unspecified atom stereocenters. The Bertz CT molecular complexity index is 1380. The van der Waals surface area contributed by atoms with Gasteiger partial charge >= 0.3 is 12.1 Å². The number of para-hydroxylation sites is 1. The summed E-state index contributed by atoms with van der Waals surface area (Å²) in [5.74, 6) is 0.538. The number of halogens is 1. The van der Waals surface area contributed by atoms with E-state index in [0.717, 1.165) is 5.56 Å². The van der Waals surface area contributed by atoms with Crippen molar-refractivity contribution in [3.8, 4) is 17.2 Å². The van der Waals surface area contributed by atoms with E-state index in [-0.39, 0.29) is 30.6 Å². The lowest BCUT2D eigenvalue weighted by Gasteiger charge is -2.28. The van der Waals surface area contributed by atoms with E-state index in [0.29, 0.717) is 4.47 Å². The van der Waals surface area contributed by atoms with Crippen molar-refractivity contribution in [2.24, 2.45) is 0 Å². The summed E-state index contributed by atoms with van der Waals surface area (Å²) in [6.07, 6.45) is -2.26. The molecule has 44 heavy (non-hydrogen) atoms. The van der Waals surface area contributed by atoms with Crippen LogP contribution < -0.4 is 20.7 Å². The summed E-state index contributed by atoms with van der Waals surface area (Å²) >= 11 is 3.39. The second-order valence-electron chi connectivity index (χ2n) is 11.9. The molecule has 0 saturated carbocycles. The first-order chi connectivity index (χ1) is 20.4. The number of carboxylic acid groups (broad SMARTS) is 1. The Labute approximate surface area is 267 Å². The molecule has 0 spiro atoms. The van der Waals surface area contributed by atoms with Crippen molar-refractivity contribution >= 4 is 53.6 Å². The molecule has 2 rings (SSSR count). The number of carboxylic acids is 1. The smallest absolute Gasteiger partial charge is 0.408 e. The maximum atomic E-state index is 13.8. The van der Waals surface area contributed by atoms with Crippen LogP contribution in [0.3, 0.4) is 0 Å². The summed E-state index contributed by atoms with van der Waals surface area (Å²) in [6, 6.07) is 11.1. The van der Waals surface area contributed by atoms with Gasteiger partial charge in [-0.3, -0.25) is 9.59 Å². The largest absolute Gasteiger partial charge is 0.480 e. The lowest BCUT2D eigenvalue weighted by atomic mass is 10.1. The number of aliphatic carboxylic acids is 1. The summed E-state index contributed by atoms with van der Waals surface area (Å²) in [4.78, 5) is 50.7. The van der Waals surface area contributed by atoms with E-state index in [4.69, 9.17) is 14.2 Å². The molecule has 2 aromatic carbocycles. The molecule has 0 saturated heterocycles. The number of nitrogens with one attached hydrogen (secondary N) is 3. The molecule has 0 aliphatic rings. The molecule has 3 amide bonds. The first-order valence-corrected chi connectivity index (χ1v) is 18.1. The van der Waals surface area contributed by atoms with E-state index in [1.54, 1.807) is 39.0 Å². The van der Waals surface area contributed by atoms with Crippen molar-refractivity contribution in [2.45, 2.75) is 77.7 Å². The highest BCUT2D eigenvalue weighted by Crippen LogP contribution is 2.33. The number of hydrogen-bond acceptors (Lipinski definition) is 7. The van der Waals surface area contributed by atoms with Crippen LogP contribution in [0.5, 0.6) is 5.75 Å². The van der Waals surface area contributed by atoms with Crippen molar-refractivity contribution in [1.29, 1.82) is 0 Å². The first-order valence-electron chi connectivity index (χ1n) is 13.8. The summed E-state index contributed by atoms with van der Waals surface area (Å²) in [6.45, 7) is 12.0. The number of carbonyl (C=O) groups excluding carboxylic acids is 3. The molecule has 4 N–H and O–H groups in total. The Hall–Kier alpha value is -3.86. The fourth-order valence-corrected chi connectivity index (χ4v) is 4.55. The van der Waals surface area contributed by atoms with Crippen LogP contribution in [0.4, 0.5) is 10.5 Å². The Morgan fingerprint density at radius 2 is 1.66 bits per heavy atom. The molecule has 0 aliphatic heterocycles. The fraction of sp³-hybridized carbons (Fsp3) is 0.419. The standard InChI is InChI=1S/C31H40BrN3O8Si/c1-20(36)33-26-22(32)14-11-15-24(26)42-25(16-17-44(5,6)7)27(35-30(40)43-31(2,3)4)28(37)34-23(29(38)39)19-41-18-21-12-9-8-10-13-21/h8-15,23,25,27H,18-19H2,1-7H3,(H,33,36)(H,34,37)(H,35,40)(H,38,39)/t23-,25+,27-/m0/s1. The minimum absolute atomic E-state index is 0.127. The fourth-order valence-electron chi connectivity index (χ4n) is 3.52. The third-order valence-electron chi connectivity index (χ3n) is 5.39. The van der Waals surface area contributed by atoms with Gasteiger partial charge in [0, 0.05) is 11.4 Å². The van der Waals surface area contributed by atoms with E-state index >= 15 is 0 Å².